The summed E-state index contributed by atoms with van der Waals surface area (Å²) in [5, 5.41) is 0.972. The maximum atomic E-state index is 12.7. The Labute approximate surface area is 146 Å². The van der Waals surface area contributed by atoms with Crippen LogP contribution in [0.4, 0.5) is 0 Å². The summed E-state index contributed by atoms with van der Waals surface area (Å²) in [5.41, 5.74) is 1.73. The van der Waals surface area contributed by atoms with E-state index in [-0.39, 0.29) is 17.8 Å². The summed E-state index contributed by atoms with van der Waals surface area (Å²) < 4.78 is 5.49. The number of aromatic nitrogens is 1. The Morgan fingerprint density at radius 3 is 2.72 bits per heavy atom. The van der Waals surface area contributed by atoms with E-state index in [9.17, 15) is 9.59 Å². The molecule has 132 valence electrons. The van der Waals surface area contributed by atoms with E-state index in [2.05, 4.69) is 9.88 Å². The lowest BCUT2D eigenvalue weighted by atomic mass is 10.1. The number of rotatable bonds is 4. The van der Waals surface area contributed by atoms with Crippen molar-refractivity contribution in [2.75, 3.05) is 39.3 Å². The molecule has 6 nitrogen and oxygen atoms in total. The number of Topliss-reactive ketones (excluding diaryl/α,β-unsaturated/α-hetero) is 1. The van der Waals surface area contributed by atoms with E-state index in [0.29, 0.717) is 26.2 Å². The lowest BCUT2D eigenvalue weighted by Crippen LogP contribution is -2.52. The van der Waals surface area contributed by atoms with Crippen LogP contribution in [-0.2, 0) is 9.53 Å². The van der Waals surface area contributed by atoms with Gasteiger partial charge in [0.1, 0.15) is 6.10 Å². The van der Waals surface area contributed by atoms with Crippen LogP contribution >= 0.6 is 0 Å². The highest BCUT2D eigenvalue weighted by Gasteiger charge is 2.30. The molecule has 1 aromatic carbocycles. The Hall–Kier alpha value is -2.18. The number of carbonyl (C=O) groups is 2. The van der Waals surface area contributed by atoms with Crippen LogP contribution in [0.5, 0.6) is 0 Å². The zero-order chi connectivity index (χ0) is 17.2. The smallest absolute Gasteiger partial charge is 0.251 e. The Bertz CT molecular complexity index is 771. The van der Waals surface area contributed by atoms with Gasteiger partial charge in [0.05, 0.1) is 6.54 Å². The number of nitrogens with zero attached hydrogens (tertiary/aromatic N) is 2. The van der Waals surface area contributed by atoms with Gasteiger partial charge in [0, 0.05) is 55.4 Å². The zero-order valence-electron chi connectivity index (χ0n) is 14.2. The summed E-state index contributed by atoms with van der Waals surface area (Å²) in [5.74, 6) is 0.233. The van der Waals surface area contributed by atoms with E-state index in [1.165, 1.54) is 0 Å². The van der Waals surface area contributed by atoms with Gasteiger partial charge in [-0.15, -0.1) is 0 Å². The van der Waals surface area contributed by atoms with Gasteiger partial charge in [0.2, 0.25) is 0 Å². The van der Waals surface area contributed by atoms with Gasteiger partial charge >= 0.3 is 0 Å². The fourth-order valence-corrected chi connectivity index (χ4v) is 3.69. The summed E-state index contributed by atoms with van der Waals surface area (Å²) in [6.45, 7) is 3.87. The van der Waals surface area contributed by atoms with Crippen LogP contribution in [0.25, 0.3) is 10.9 Å². The molecule has 1 aromatic heterocycles. The van der Waals surface area contributed by atoms with Gasteiger partial charge in [-0.3, -0.25) is 14.5 Å². The normalized spacial score (nSPS) is 21.8. The molecule has 0 bridgehead atoms. The molecule has 1 N–H and O–H groups in total. The quantitative estimate of drug-likeness (QED) is 0.859. The van der Waals surface area contributed by atoms with Crippen molar-refractivity contribution in [1.29, 1.82) is 0 Å². The highest BCUT2D eigenvalue weighted by Crippen LogP contribution is 2.19. The number of hydrogen-bond donors (Lipinski definition) is 1. The molecule has 2 fully saturated rings. The van der Waals surface area contributed by atoms with Crippen molar-refractivity contribution in [3.8, 4) is 0 Å². The average Bonchev–Trinajstić information content (AvgIpc) is 3.31. The number of ether oxygens (including phenoxy) is 1. The monoisotopic (exact) mass is 341 g/mol. The van der Waals surface area contributed by atoms with E-state index in [4.69, 9.17) is 4.74 Å². The molecule has 0 aliphatic carbocycles. The number of amides is 1. The maximum absolute atomic E-state index is 12.7. The van der Waals surface area contributed by atoms with Gasteiger partial charge in [0.25, 0.3) is 5.91 Å². The molecule has 1 amide bonds. The first-order valence-electron chi connectivity index (χ1n) is 8.94. The van der Waals surface area contributed by atoms with Crippen LogP contribution in [0, 0.1) is 0 Å². The molecular formula is C19H23N3O3. The van der Waals surface area contributed by atoms with Gasteiger partial charge < -0.3 is 14.6 Å². The number of hydrogen-bond acceptors (Lipinski definition) is 4. The van der Waals surface area contributed by atoms with Crippen LogP contribution in [-0.4, -0.2) is 71.9 Å². The van der Waals surface area contributed by atoms with Crippen molar-refractivity contribution in [2.24, 2.45) is 0 Å². The Morgan fingerprint density at radius 2 is 1.96 bits per heavy atom. The van der Waals surface area contributed by atoms with E-state index in [1.54, 1.807) is 6.20 Å². The predicted molar refractivity (Wildman–Crippen MR) is 94.6 cm³/mol. The van der Waals surface area contributed by atoms with E-state index in [0.717, 1.165) is 42.4 Å². The second-order valence-electron chi connectivity index (χ2n) is 6.77. The third kappa shape index (κ3) is 3.32. The van der Waals surface area contributed by atoms with Gasteiger partial charge in [-0.25, -0.2) is 0 Å². The van der Waals surface area contributed by atoms with Gasteiger partial charge in [-0.2, -0.15) is 0 Å². The molecule has 4 rings (SSSR count). The number of aromatic amines is 1. The fourth-order valence-electron chi connectivity index (χ4n) is 3.69. The van der Waals surface area contributed by atoms with E-state index in [1.807, 2.05) is 29.2 Å². The van der Waals surface area contributed by atoms with Crippen LogP contribution in [0.1, 0.15) is 23.2 Å². The van der Waals surface area contributed by atoms with Crippen LogP contribution in [0.3, 0.4) is 0 Å². The number of nitrogens with one attached hydrogen (secondary N) is 1. The summed E-state index contributed by atoms with van der Waals surface area (Å²) in [6.07, 6.45) is 3.34. The first kappa shape index (κ1) is 16.3. The summed E-state index contributed by atoms with van der Waals surface area (Å²) in [4.78, 5) is 32.2. The lowest BCUT2D eigenvalue weighted by molar-refractivity contribution is -0.142. The molecule has 3 heterocycles. The molecule has 1 atom stereocenters. The molecule has 25 heavy (non-hydrogen) atoms. The van der Waals surface area contributed by atoms with Crippen LogP contribution in [0.2, 0.25) is 0 Å². The number of carbonyl (C=O) groups excluding carboxylic acids is 2. The molecular weight excluding hydrogens is 318 g/mol. The molecule has 6 heteroatoms. The Morgan fingerprint density at radius 1 is 1.16 bits per heavy atom. The first-order valence-corrected chi connectivity index (χ1v) is 8.94. The first-order chi connectivity index (χ1) is 12.2. The van der Waals surface area contributed by atoms with Gasteiger partial charge in [-0.05, 0) is 18.9 Å². The molecule has 2 aliphatic rings. The number of piperazine rings is 1. The Kier molecular flexibility index (Phi) is 4.55. The van der Waals surface area contributed by atoms with Crippen LogP contribution in [0.15, 0.2) is 30.5 Å². The summed E-state index contributed by atoms with van der Waals surface area (Å²) in [7, 11) is 0. The Balaban J connectivity index is 1.34. The third-order valence-electron chi connectivity index (χ3n) is 5.15. The second-order valence-corrected chi connectivity index (χ2v) is 6.77. The summed E-state index contributed by atoms with van der Waals surface area (Å²) >= 11 is 0. The predicted octanol–water partition coefficient (Wildman–Crippen LogP) is 1.67. The highest BCUT2D eigenvalue weighted by atomic mass is 16.5. The number of benzene rings is 1. The molecule has 1 unspecified atom stereocenters. The number of fused-ring (bicyclic) bond motifs is 1. The van der Waals surface area contributed by atoms with Crippen molar-refractivity contribution in [2.45, 2.75) is 18.9 Å². The lowest BCUT2D eigenvalue weighted by Gasteiger charge is -2.35. The molecule has 0 spiro atoms. The van der Waals surface area contributed by atoms with Crippen molar-refractivity contribution in [1.82, 2.24) is 14.8 Å². The fraction of sp³-hybridized carbons (Fsp3) is 0.474. The largest absolute Gasteiger partial charge is 0.368 e. The zero-order valence-corrected chi connectivity index (χ0v) is 14.2. The van der Waals surface area contributed by atoms with E-state index >= 15 is 0 Å². The average molecular weight is 341 g/mol. The van der Waals surface area contributed by atoms with Crippen molar-refractivity contribution < 1.29 is 14.3 Å². The number of para-hydroxylation sites is 1. The van der Waals surface area contributed by atoms with Crippen molar-refractivity contribution in [3.05, 3.63) is 36.0 Å². The molecule has 2 saturated heterocycles. The highest BCUT2D eigenvalue weighted by molar-refractivity contribution is 6.08. The molecule has 0 radical (unpaired) electrons. The molecule has 2 aromatic rings. The minimum atomic E-state index is -0.251. The minimum Gasteiger partial charge on any atom is -0.368 e. The third-order valence-corrected chi connectivity index (χ3v) is 5.15. The minimum absolute atomic E-state index is 0.111. The number of H-pyrrole nitrogens is 1. The topological polar surface area (TPSA) is 65.6 Å². The van der Waals surface area contributed by atoms with Gasteiger partial charge in [0.15, 0.2) is 5.78 Å². The second kappa shape index (κ2) is 6.98. The van der Waals surface area contributed by atoms with Crippen molar-refractivity contribution >= 4 is 22.6 Å². The standard InChI is InChI=1S/C19H23N3O3/c23-17(15-12-20-16-5-2-1-4-14(15)16)13-21-7-9-22(10-8-21)19(24)18-6-3-11-25-18/h1-2,4-5,12,18,20H,3,6-11,13H2. The van der Waals surface area contributed by atoms with E-state index < -0.39 is 0 Å². The number of ketones is 1. The molecule has 2 aliphatic heterocycles. The van der Waals surface area contributed by atoms with Crippen LogP contribution < -0.4 is 0 Å². The SMILES string of the molecule is O=C(CN1CCN(C(=O)C2CCCO2)CC1)c1c[nH]c2ccccc12. The molecule has 0 saturated carbocycles. The summed E-state index contributed by atoms with van der Waals surface area (Å²) in [6, 6.07) is 7.85. The van der Waals surface area contributed by atoms with Gasteiger partial charge in [-0.1, -0.05) is 18.2 Å². The maximum Gasteiger partial charge on any atom is 0.251 e. The van der Waals surface area contributed by atoms with Crippen molar-refractivity contribution in [3.63, 3.8) is 0 Å².